The third kappa shape index (κ3) is 7.46. The summed E-state index contributed by atoms with van der Waals surface area (Å²) in [5.74, 6) is 0.477. The van der Waals surface area contributed by atoms with Gasteiger partial charge in [-0.25, -0.2) is 4.79 Å². The fourth-order valence-electron chi connectivity index (χ4n) is 5.16. The minimum absolute atomic E-state index is 0.0153. The second-order valence-electron chi connectivity index (χ2n) is 10.4. The van der Waals surface area contributed by atoms with Crippen LogP contribution in [0, 0.1) is 6.92 Å². The van der Waals surface area contributed by atoms with Gasteiger partial charge in [-0.05, 0) is 55.7 Å². The number of esters is 1. The number of ether oxygens (including phenoxy) is 2. The Morgan fingerprint density at radius 3 is 2.43 bits per heavy atom. The summed E-state index contributed by atoms with van der Waals surface area (Å²) < 4.78 is 11.0. The summed E-state index contributed by atoms with van der Waals surface area (Å²) in [4.78, 5) is 37.4. The lowest BCUT2D eigenvalue weighted by molar-refractivity contribution is -0.140. The van der Waals surface area contributed by atoms with Crippen molar-refractivity contribution in [2.45, 2.75) is 52.6 Å². The van der Waals surface area contributed by atoms with Crippen LogP contribution in [-0.4, -0.2) is 29.9 Å². The molecule has 5 rings (SSSR count). The molecule has 0 aromatic heterocycles. The maximum Gasteiger partial charge on any atom is 0.336 e. The Balaban J connectivity index is 0.000000437. The number of rotatable bonds is 6. The molecule has 0 saturated heterocycles. The summed E-state index contributed by atoms with van der Waals surface area (Å²) in [5.41, 5.74) is 6.03. The summed E-state index contributed by atoms with van der Waals surface area (Å²) in [6.45, 7) is 5.21. The van der Waals surface area contributed by atoms with Gasteiger partial charge in [0.15, 0.2) is 5.78 Å². The molecule has 1 amide bonds. The van der Waals surface area contributed by atoms with Crippen LogP contribution >= 0.6 is 0 Å². The molecule has 0 unspecified atom stereocenters. The van der Waals surface area contributed by atoms with Crippen LogP contribution in [0.1, 0.15) is 55.7 Å². The number of para-hydroxylation sites is 2. The molecule has 0 radical (unpaired) electrons. The van der Waals surface area contributed by atoms with Gasteiger partial charge in [0.05, 0.1) is 12.7 Å². The number of amides is 1. The first kappa shape index (κ1) is 30.1. The molecule has 0 saturated carbocycles. The first-order chi connectivity index (χ1) is 20.2. The Hall–Kier alpha value is -4.85. The van der Waals surface area contributed by atoms with Gasteiger partial charge in [0.2, 0.25) is 5.91 Å². The molecule has 1 aliphatic carbocycles. The Bertz CT molecular complexity index is 1540. The number of anilines is 1. The number of hydrogen-bond donors (Lipinski definition) is 3. The van der Waals surface area contributed by atoms with E-state index in [-0.39, 0.29) is 30.6 Å². The lowest BCUT2D eigenvalue weighted by Gasteiger charge is -2.32. The van der Waals surface area contributed by atoms with E-state index in [9.17, 15) is 14.4 Å². The van der Waals surface area contributed by atoms with Crippen molar-refractivity contribution in [2.24, 2.45) is 0 Å². The zero-order chi connectivity index (χ0) is 30.2. The SMILES string of the molecule is COc1ccccc1[C@H]1CC(=O)C2=C(C1)NC(C)=C(C(=O)OCc1ccccc1NC(C)=O)C2.Cc1cccc(O)c1. The number of methoxy groups -OCH3 is 1. The smallest absolute Gasteiger partial charge is 0.336 e. The minimum Gasteiger partial charge on any atom is -0.508 e. The van der Waals surface area contributed by atoms with E-state index in [4.69, 9.17) is 14.6 Å². The van der Waals surface area contributed by atoms with Crippen LogP contribution in [0.4, 0.5) is 5.69 Å². The van der Waals surface area contributed by atoms with E-state index >= 15 is 0 Å². The molecule has 0 bridgehead atoms. The second-order valence-corrected chi connectivity index (χ2v) is 10.4. The van der Waals surface area contributed by atoms with Gasteiger partial charge in [0, 0.05) is 53.9 Å². The number of benzene rings is 3. The highest BCUT2D eigenvalue weighted by molar-refractivity contribution is 6.01. The van der Waals surface area contributed by atoms with Crippen LogP contribution in [0.3, 0.4) is 0 Å². The molecule has 1 aliphatic heterocycles. The summed E-state index contributed by atoms with van der Waals surface area (Å²) in [7, 11) is 1.63. The standard InChI is InChI=1S/C27H28N2O5.C7H8O/c1-16-21(27(32)34-15-18-8-4-6-10-23(18)29-17(2)30)14-22-24(28-16)12-19(13-25(22)31)20-9-5-7-11-26(20)33-3;1-6-3-2-4-7(8)5-6/h4-11,19,28H,12-15H2,1-3H3,(H,29,30);2-5,8H,1H3/t19-;/m1./s1. The maximum atomic E-state index is 13.1. The van der Waals surface area contributed by atoms with Crippen molar-refractivity contribution in [1.82, 2.24) is 5.32 Å². The highest BCUT2D eigenvalue weighted by atomic mass is 16.5. The van der Waals surface area contributed by atoms with Crippen LogP contribution in [0.25, 0.3) is 0 Å². The number of hydrogen-bond acceptors (Lipinski definition) is 7. The van der Waals surface area contributed by atoms with Crippen LogP contribution in [-0.2, 0) is 25.7 Å². The van der Waals surface area contributed by atoms with Gasteiger partial charge in [-0.3, -0.25) is 9.59 Å². The van der Waals surface area contributed by atoms with Crippen molar-refractivity contribution in [2.75, 3.05) is 12.4 Å². The van der Waals surface area contributed by atoms with Crippen molar-refractivity contribution in [3.05, 3.63) is 112 Å². The average Bonchev–Trinajstić information content (AvgIpc) is 2.96. The minimum atomic E-state index is -0.478. The number of ketones is 1. The van der Waals surface area contributed by atoms with Crippen molar-refractivity contribution < 1.29 is 29.0 Å². The molecule has 42 heavy (non-hydrogen) atoms. The number of aromatic hydroxyl groups is 1. The number of nitrogens with one attached hydrogen (secondary N) is 2. The molecule has 3 N–H and O–H groups in total. The number of carbonyl (C=O) groups excluding carboxylic acids is 3. The van der Waals surface area contributed by atoms with Crippen molar-refractivity contribution in [3.8, 4) is 11.5 Å². The molecule has 8 nitrogen and oxygen atoms in total. The number of phenolic OH excluding ortho intramolecular Hbond substituents is 1. The molecule has 3 aromatic rings. The number of dihydropyridines is 1. The van der Waals surface area contributed by atoms with Gasteiger partial charge < -0.3 is 25.2 Å². The molecule has 0 fully saturated rings. The first-order valence-electron chi connectivity index (χ1n) is 13.8. The van der Waals surface area contributed by atoms with Gasteiger partial charge >= 0.3 is 5.97 Å². The van der Waals surface area contributed by atoms with Crippen LogP contribution in [0.2, 0.25) is 0 Å². The van der Waals surface area contributed by atoms with E-state index < -0.39 is 5.97 Å². The van der Waals surface area contributed by atoms with Crippen LogP contribution < -0.4 is 15.4 Å². The molecule has 218 valence electrons. The lowest BCUT2D eigenvalue weighted by Crippen LogP contribution is -2.31. The first-order valence-corrected chi connectivity index (χ1v) is 13.8. The van der Waals surface area contributed by atoms with E-state index in [0.29, 0.717) is 46.7 Å². The van der Waals surface area contributed by atoms with Crippen molar-refractivity contribution in [1.29, 1.82) is 0 Å². The van der Waals surface area contributed by atoms with Crippen LogP contribution in [0.5, 0.6) is 11.5 Å². The fraction of sp³-hybridized carbons (Fsp3) is 0.265. The van der Waals surface area contributed by atoms with Crippen molar-refractivity contribution in [3.63, 3.8) is 0 Å². The summed E-state index contributed by atoms with van der Waals surface area (Å²) in [6.07, 6.45) is 1.29. The Morgan fingerprint density at radius 1 is 1.00 bits per heavy atom. The topological polar surface area (TPSA) is 114 Å². The fourth-order valence-corrected chi connectivity index (χ4v) is 5.16. The third-order valence-corrected chi connectivity index (χ3v) is 7.24. The summed E-state index contributed by atoms with van der Waals surface area (Å²) >= 11 is 0. The van der Waals surface area contributed by atoms with Gasteiger partial charge in [-0.1, -0.05) is 48.5 Å². The molecule has 1 heterocycles. The number of allylic oxidation sites excluding steroid dienone is 3. The predicted octanol–water partition coefficient (Wildman–Crippen LogP) is 6.07. The number of phenols is 1. The van der Waals surface area contributed by atoms with E-state index in [2.05, 4.69) is 10.6 Å². The summed E-state index contributed by atoms with van der Waals surface area (Å²) in [6, 6.07) is 22.1. The molecule has 1 atom stereocenters. The molecular formula is C34H36N2O6. The quantitative estimate of drug-likeness (QED) is 0.310. The molecule has 3 aromatic carbocycles. The average molecular weight is 569 g/mol. The highest BCUT2D eigenvalue weighted by Crippen LogP contribution is 2.41. The van der Waals surface area contributed by atoms with Gasteiger partial charge in [-0.15, -0.1) is 0 Å². The number of Topliss-reactive ketones (excluding diaryl/α,β-unsaturated/α-hetero) is 1. The molecular weight excluding hydrogens is 532 g/mol. The molecule has 0 spiro atoms. The van der Waals surface area contributed by atoms with E-state index in [1.807, 2.05) is 56.3 Å². The Kier molecular flexibility index (Phi) is 9.81. The predicted molar refractivity (Wildman–Crippen MR) is 161 cm³/mol. The summed E-state index contributed by atoms with van der Waals surface area (Å²) in [5, 5.41) is 14.8. The lowest BCUT2D eigenvalue weighted by atomic mass is 9.78. The normalized spacial score (nSPS) is 16.0. The van der Waals surface area contributed by atoms with E-state index in [1.165, 1.54) is 6.92 Å². The molecule has 2 aliphatic rings. The third-order valence-electron chi connectivity index (χ3n) is 7.24. The largest absolute Gasteiger partial charge is 0.508 e. The van der Waals surface area contributed by atoms with E-state index in [1.54, 1.807) is 37.4 Å². The second kappa shape index (κ2) is 13.7. The zero-order valence-corrected chi connectivity index (χ0v) is 24.3. The number of carbonyl (C=O) groups is 3. The Morgan fingerprint density at radius 2 is 1.74 bits per heavy atom. The van der Waals surface area contributed by atoms with Gasteiger partial charge in [0.1, 0.15) is 18.1 Å². The van der Waals surface area contributed by atoms with Crippen LogP contribution in [0.15, 0.2) is 95.3 Å². The van der Waals surface area contributed by atoms with Gasteiger partial charge in [0.25, 0.3) is 0 Å². The number of aryl methyl sites for hydroxylation is 1. The highest BCUT2D eigenvalue weighted by Gasteiger charge is 2.34. The monoisotopic (exact) mass is 568 g/mol. The maximum absolute atomic E-state index is 13.1. The Labute approximate surface area is 246 Å². The van der Waals surface area contributed by atoms with Gasteiger partial charge in [-0.2, -0.15) is 0 Å². The zero-order valence-electron chi connectivity index (χ0n) is 24.3. The molecule has 8 heteroatoms. The van der Waals surface area contributed by atoms with Crippen molar-refractivity contribution >= 4 is 23.3 Å². The van der Waals surface area contributed by atoms with E-state index in [0.717, 1.165) is 22.6 Å².